The lowest BCUT2D eigenvalue weighted by atomic mass is 9.46. The molecule has 3 aliphatic rings. The normalized spacial score (nSPS) is 53.2. The van der Waals surface area contributed by atoms with Crippen LogP contribution in [0.2, 0.25) is 0 Å². The van der Waals surface area contributed by atoms with E-state index >= 15 is 0 Å². The van der Waals surface area contributed by atoms with Crippen LogP contribution >= 0.6 is 0 Å². The fourth-order valence-electron chi connectivity index (χ4n) is 4.68. The van der Waals surface area contributed by atoms with Crippen molar-refractivity contribution >= 4 is 17.5 Å². The minimum atomic E-state index is -1.93. The summed E-state index contributed by atoms with van der Waals surface area (Å²) >= 11 is 0. The molecule has 2 bridgehead atoms. The third-order valence-electron chi connectivity index (χ3n) is 6.43. The molecule has 6 nitrogen and oxygen atoms in total. The van der Waals surface area contributed by atoms with Crippen molar-refractivity contribution in [1.82, 2.24) is 0 Å². The molecule has 0 aromatic carbocycles. The van der Waals surface area contributed by atoms with Crippen molar-refractivity contribution in [2.24, 2.45) is 16.7 Å². The highest BCUT2D eigenvalue weighted by Crippen LogP contribution is 2.67. The summed E-state index contributed by atoms with van der Waals surface area (Å²) < 4.78 is 5.13. The van der Waals surface area contributed by atoms with Crippen molar-refractivity contribution in [2.75, 3.05) is 6.61 Å². The van der Waals surface area contributed by atoms with Crippen LogP contribution in [0.15, 0.2) is 0 Å². The first-order valence-electron chi connectivity index (χ1n) is 7.20. The first kappa shape index (κ1) is 14.7. The summed E-state index contributed by atoms with van der Waals surface area (Å²) in [5.41, 5.74) is -6.56. The van der Waals surface area contributed by atoms with E-state index in [1.165, 1.54) is 13.8 Å². The van der Waals surface area contributed by atoms with Crippen LogP contribution in [0.3, 0.4) is 0 Å². The molecule has 1 aliphatic heterocycles. The monoisotopic (exact) mass is 296 g/mol. The third-order valence-corrected chi connectivity index (χ3v) is 6.43. The lowest BCUT2D eigenvalue weighted by molar-refractivity contribution is -0.242. The van der Waals surface area contributed by atoms with E-state index in [4.69, 9.17) is 4.74 Å². The van der Waals surface area contributed by atoms with E-state index in [1.54, 1.807) is 6.92 Å². The fraction of sp³-hybridized carbons (Fsp3) is 0.800. The van der Waals surface area contributed by atoms with E-state index in [9.17, 15) is 24.6 Å². The molecule has 116 valence electrons. The maximum Gasteiger partial charge on any atom is 0.306 e. The van der Waals surface area contributed by atoms with Gasteiger partial charge in [0.05, 0.1) is 11.8 Å². The van der Waals surface area contributed by atoms with Crippen molar-refractivity contribution in [3.63, 3.8) is 0 Å². The Kier molecular flexibility index (Phi) is 2.60. The topological polar surface area (TPSA) is 101 Å². The number of aliphatic hydroxyl groups is 2. The maximum atomic E-state index is 12.6. The van der Waals surface area contributed by atoms with Crippen LogP contribution in [0, 0.1) is 16.7 Å². The molecule has 0 amide bonds. The van der Waals surface area contributed by atoms with Gasteiger partial charge in [0.1, 0.15) is 17.8 Å². The molecule has 0 aromatic heterocycles. The van der Waals surface area contributed by atoms with Gasteiger partial charge >= 0.3 is 5.97 Å². The zero-order valence-corrected chi connectivity index (χ0v) is 12.4. The number of rotatable bonds is 0. The molecule has 1 saturated heterocycles. The Labute approximate surface area is 122 Å². The Morgan fingerprint density at radius 1 is 1.10 bits per heavy atom. The number of ketones is 2. The second kappa shape index (κ2) is 3.73. The van der Waals surface area contributed by atoms with Crippen LogP contribution in [0.1, 0.15) is 40.0 Å². The molecule has 1 heterocycles. The standard InChI is InChI=1S/C15H20O6/c1-8-4-9(16)15(20)12(2)7-21-11(18)6-14(8,15)5-10(17)13(12,3)19/h8,19-20H,4-7H2,1-3H3/t8-,12-,13+,14-,15+/m1/s1. The quantitative estimate of drug-likeness (QED) is 0.610. The predicted molar refractivity (Wildman–Crippen MR) is 70.1 cm³/mol. The first-order valence-corrected chi connectivity index (χ1v) is 7.20. The summed E-state index contributed by atoms with van der Waals surface area (Å²) in [5.74, 6) is -1.72. The molecule has 0 spiro atoms. The Hall–Kier alpha value is -1.27. The number of carbonyl (C=O) groups excluding carboxylic acids is 3. The van der Waals surface area contributed by atoms with E-state index < -0.39 is 39.6 Å². The summed E-state index contributed by atoms with van der Waals surface area (Å²) in [6, 6.07) is 0. The largest absolute Gasteiger partial charge is 0.465 e. The molecular formula is C15H20O6. The molecular weight excluding hydrogens is 276 g/mol. The van der Waals surface area contributed by atoms with Gasteiger partial charge in [-0.2, -0.15) is 0 Å². The van der Waals surface area contributed by atoms with Crippen molar-refractivity contribution in [2.45, 2.75) is 51.2 Å². The molecule has 6 heteroatoms. The van der Waals surface area contributed by atoms with Gasteiger partial charge in [-0.15, -0.1) is 0 Å². The summed E-state index contributed by atoms with van der Waals surface area (Å²) in [6.45, 7) is 4.18. The molecule has 3 fully saturated rings. The Balaban J connectivity index is 2.35. The first-order chi connectivity index (χ1) is 9.53. The molecule has 0 aromatic rings. The number of hydrogen-bond donors (Lipinski definition) is 2. The van der Waals surface area contributed by atoms with Crippen LogP contribution in [0.5, 0.6) is 0 Å². The SMILES string of the molecule is C[C@@H]1CC(=O)[C@@]2(O)[C@]13CC(=O)OC[C@]2(C)[C@@](C)(O)C(=O)C3. The summed E-state index contributed by atoms with van der Waals surface area (Å²) in [5, 5.41) is 22.0. The summed E-state index contributed by atoms with van der Waals surface area (Å²) in [7, 11) is 0. The van der Waals surface area contributed by atoms with Gasteiger partial charge in [-0.25, -0.2) is 0 Å². The number of cyclic esters (lactones) is 1. The predicted octanol–water partition coefficient (Wildman–Crippen LogP) is -0.0102. The highest BCUT2D eigenvalue weighted by atomic mass is 16.5. The van der Waals surface area contributed by atoms with Crippen LogP contribution in [0.25, 0.3) is 0 Å². The second-order valence-electron chi connectivity index (χ2n) is 7.24. The van der Waals surface area contributed by atoms with Crippen LogP contribution in [-0.2, 0) is 19.1 Å². The van der Waals surface area contributed by atoms with E-state index in [2.05, 4.69) is 0 Å². The molecule has 0 unspecified atom stereocenters. The zero-order chi connectivity index (χ0) is 15.8. The van der Waals surface area contributed by atoms with Crippen LogP contribution in [0.4, 0.5) is 0 Å². The van der Waals surface area contributed by atoms with Crippen molar-refractivity contribution in [3.05, 3.63) is 0 Å². The van der Waals surface area contributed by atoms with Gasteiger partial charge in [0.2, 0.25) is 0 Å². The van der Waals surface area contributed by atoms with E-state index in [1.807, 2.05) is 0 Å². The van der Waals surface area contributed by atoms with E-state index in [0.29, 0.717) is 0 Å². The highest BCUT2D eigenvalue weighted by molar-refractivity contribution is 6.01. The average molecular weight is 296 g/mol. The lowest BCUT2D eigenvalue weighted by Crippen LogP contribution is -2.75. The smallest absolute Gasteiger partial charge is 0.306 e. The van der Waals surface area contributed by atoms with Crippen molar-refractivity contribution in [3.8, 4) is 0 Å². The number of Topliss-reactive ketones (excluding diaryl/α,β-unsaturated/α-hetero) is 2. The van der Waals surface area contributed by atoms with Crippen LogP contribution in [-0.4, -0.2) is 45.6 Å². The maximum absolute atomic E-state index is 12.6. The molecule has 2 aliphatic carbocycles. The second-order valence-corrected chi connectivity index (χ2v) is 7.24. The molecule has 5 atom stereocenters. The Bertz CT molecular complexity index is 567. The van der Waals surface area contributed by atoms with Gasteiger partial charge < -0.3 is 14.9 Å². The van der Waals surface area contributed by atoms with Crippen molar-refractivity contribution < 1.29 is 29.3 Å². The molecule has 2 saturated carbocycles. The minimum Gasteiger partial charge on any atom is -0.465 e. The minimum absolute atomic E-state index is 0.0999. The number of esters is 1. The van der Waals surface area contributed by atoms with Gasteiger partial charge in [-0.05, 0) is 19.8 Å². The Morgan fingerprint density at radius 3 is 2.33 bits per heavy atom. The Morgan fingerprint density at radius 2 is 1.71 bits per heavy atom. The third kappa shape index (κ3) is 1.29. The van der Waals surface area contributed by atoms with Gasteiger partial charge in [-0.1, -0.05) is 6.92 Å². The molecule has 2 N–H and O–H groups in total. The number of ether oxygens (including phenoxy) is 1. The highest BCUT2D eigenvalue weighted by Gasteiger charge is 2.80. The fourth-order valence-corrected chi connectivity index (χ4v) is 4.68. The van der Waals surface area contributed by atoms with Gasteiger partial charge in [0.15, 0.2) is 11.6 Å². The average Bonchev–Trinajstić information content (AvgIpc) is 2.52. The zero-order valence-electron chi connectivity index (χ0n) is 12.4. The van der Waals surface area contributed by atoms with Crippen molar-refractivity contribution in [1.29, 1.82) is 0 Å². The molecule has 3 rings (SSSR count). The van der Waals surface area contributed by atoms with Gasteiger partial charge in [0, 0.05) is 18.3 Å². The van der Waals surface area contributed by atoms with Crippen LogP contribution < -0.4 is 0 Å². The van der Waals surface area contributed by atoms with E-state index in [0.717, 1.165) is 0 Å². The molecule has 0 radical (unpaired) electrons. The summed E-state index contributed by atoms with van der Waals surface area (Å²) in [6.07, 6.45) is -0.259. The van der Waals surface area contributed by atoms with Gasteiger partial charge in [-0.3, -0.25) is 14.4 Å². The number of carbonyl (C=O) groups is 3. The summed E-state index contributed by atoms with van der Waals surface area (Å²) in [4.78, 5) is 37.0. The number of hydrogen-bond acceptors (Lipinski definition) is 6. The molecule has 21 heavy (non-hydrogen) atoms. The lowest BCUT2D eigenvalue weighted by Gasteiger charge is -2.59. The van der Waals surface area contributed by atoms with E-state index in [-0.39, 0.29) is 31.8 Å². The van der Waals surface area contributed by atoms with Gasteiger partial charge in [0.25, 0.3) is 0 Å².